The molecule has 5 heteroatoms. The SMILES string of the molecule is CCOc1nc(-c2ccccc2)nc2c1ncn2C. The second-order valence-electron chi connectivity index (χ2n) is 4.18. The van der Waals surface area contributed by atoms with Crippen molar-refractivity contribution in [3.63, 3.8) is 0 Å². The van der Waals surface area contributed by atoms with Gasteiger partial charge in [0.05, 0.1) is 12.9 Å². The molecule has 0 atom stereocenters. The minimum atomic E-state index is 0.534. The van der Waals surface area contributed by atoms with E-state index in [9.17, 15) is 0 Å². The van der Waals surface area contributed by atoms with Crippen molar-refractivity contribution in [1.29, 1.82) is 0 Å². The molecule has 3 aromatic rings. The van der Waals surface area contributed by atoms with Crippen molar-refractivity contribution in [1.82, 2.24) is 19.5 Å². The maximum Gasteiger partial charge on any atom is 0.246 e. The van der Waals surface area contributed by atoms with Crippen molar-refractivity contribution < 1.29 is 4.74 Å². The van der Waals surface area contributed by atoms with E-state index in [1.807, 2.05) is 48.9 Å². The number of imidazole rings is 1. The Labute approximate surface area is 110 Å². The highest BCUT2D eigenvalue weighted by Crippen LogP contribution is 2.24. The molecule has 0 saturated carbocycles. The van der Waals surface area contributed by atoms with Gasteiger partial charge in [-0.3, -0.25) is 0 Å². The maximum atomic E-state index is 5.57. The third kappa shape index (κ3) is 2.03. The average Bonchev–Trinajstić information content (AvgIpc) is 2.82. The van der Waals surface area contributed by atoms with Crippen molar-refractivity contribution in [3.05, 3.63) is 36.7 Å². The molecule has 3 rings (SSSR count). The van der Waals surface area contributed by atoms with Gasteiger partial charge >= 0.3 is 0 Å². The summed E-state index contributed by atoms with van der Waals surface area (Å²) in [5.74, 6) is 1.19. The molecule has 0 aliphatic carbocycles. The molecule has 0 aliphatic heterocycles. The van der Waals surface area contributed by atoms with Crippen LogP contribution < -0.4 is 4.74 Å². The Hall–Kier alpha value is -2.43. The van der Waals surface area contributed by atoms with Gasteiger partial charge in [0.2, 0.25) is 5.88 Å². The van der Waals surface area contributed by atoms with Crippen LogP contribution in [0.4, 0.5) is 0 Å². The summed E-state index contributed by atoms with van der Waals surface area (Å²) in [4.78, 5) is 13.3. The molecule has 96 valence electrons. The first-order valence-corrected chi connectivity index (χ1v) is 6.17. The number of ether oxygens (including phenoxy) is 1. The molecule has 0 aliphatic rings. The second kappa shape index (κ2) is 4.68. The summed E-state index contributed by atoms with van der Waals surface area (Å²) in [6, 6.07) is 9.86. The lowest BCUT2D eigenvalue weighted by Gasteiger charge is -2.06. The summed E-state index contributed by atoms with van der Waals surface area (Å²) in [6.45, 7) is 2.48. The van der Waals surface area contributed by atoms with Crippen molar-refractivity contribution in [3.8, 4) is 17.3 Å². The highest BCUT2D eigenvalue weighted by molar-refractivity contribution is 5.78. The third-order valence-electron chi connectivity index (χ3n) is 2.84. The molecule has 0 unspecified atom stereocenters. The number of aromatic nitrogens is 4. The topological polar surface area (TPSA) is 52.8 Å². The molecule has 0 spiro atoms. The van der Waals surface area contributed by atoms with Gasteiger partial charge in [-0.1, -0.05) is 30.3 Å². The number of fused-ring (bicyclic) bond motifs is 1. The van der Waals surface area contributed by atoms with Crippen LogP contribution in [0.5, 0.6) is 5.88 Å². The predicted molar refractivity (Wildman–Crippen MR) is 72.9 cm³/mol. The first kappa shape index (κ1) is 11.6. The summed E-state index contributed by atoms with van der Waals surface area (Å²) in [6.07, 6.45) is 1.72. The second-order valence-corrected chi connectivity index (χ2v) is 4.18. The quantitative estimate of drug-likeness (QED) is 0.720. The summed E-state index contributed by atoms with van der Waals surface area (Å²) < 4.78 is 7.43. The van der Waals surface area contributed by atoms with Crippen LogP contribution in [0.2, 0.25) is 0 Å². The van der Waals surface area contributed by atoms with Crippen LogP contribution in [0.3, 0.4) is 0 Å². The summed E-state index contributed by atoms with van der Waals surface area (Å²) in [7, 11) is 1.91. The van der Waals surface area contributed by atoms with Gasteiger partial charge in [0.25, 0.3) is 0 Å². The molecule has 0 fully saturated rings. The van der Waals surface area contributed by atoms with Gasteiger partial charge in [0.15, 0.2) is 17.0 Å². The van der Waals surface area contributed by atoms with Gasteiger partial charge in [-0.05, 0) is 6.92 Å². The van der Waals surface area contributed by atoms with E-state index in [2.05, 4.69) is 15.0 Å². The summed E-state index contributed by atoms with van der Waals surface area (Å²) >= 11 is 0. The molecular formula is C14H14N4O. The van der Waals surface area contributed by atoms with Gasteiger partial charge in [-0.2, -0.15) is 4.98 Å². The Morgan fingerprint density at radius 3 is 2.68 bits per heavy atom. The van der Waals surface area contributed by atoms with Crippen molar-refractivity contribution in [2.75, 3.05) is 6.61 Å². The van der Waals surface area contributed by atoms with E-state index in [4.69, 9.17) is 4.74 Å². The first-order valence-electron chi connectivity index (χ1n) is 6.17. The largest absolute Gasteiger partial charge is 0.476 e. The zero-order valence-corrected chi connectivity index (χ0v) is 10.9. The van der Waals surface area contributed by atoms with E-state index in [0.717, 1.165) is 11.2 Å². The van der Waals surface area contributed by atoms with Crippen LogP contribution in [0.1, 0.15) is 6.92 Å². The fourth-order valence-electron chi connectivity index (χ4n) is 1.93. The van der Waals surface area contributed by atoms with Crippen LogP contribution in [-0.4, -0.2) is 26.1 Å². The predicted octanol–water partition coefficient (Wildman–Crippen LogP) is 2.43. The van der Waals surface area contributed by atoms with E-state index < -0.39 is 0 Å². The number of nitrogens with zero attached hydrogens (tertiary/aromatic N) is 4. The zero-order chi connectivity index (χ0) is 13.2. The molecule has 0 N–H and O–H groups in total. The smallest absolute Gasteiger partial charge is 0.246 e. The Morgan fingerprint density at radius 1 is 1.16 bits per heavy atom. The molecule has 0 bridgehead atoms. The zero-order valence-electron chi connectivity index (χ0n) is 10.9. The lowest BCUT2D eigenvalue weighted by molar-refractivity contribution is 0.330. The highest BCUT2D eigenvalue weighted by atomic mass is 16.5. The lowest BCUT2D eigenvalue weighted by Crippen LogP contribution is -2.00. The Morgan fingerprint density at radius 2 is 1.95 bits per heavy atom. The minimum absolute atomic E-state index is 0.534. The maximum absolute atomic E-state index is 5.57. The van der Waals surface area contributed by atoms with E-state index in [0.29, 0.717) is 23.8 Å². The Bertz CT molecular complexity index is 706. The molecule has 2 heterocycles. The third-order valence-corrected chi connectivity index (χ3v) is 2.84. The number of aryl methyl sites for hydroxylation is 1. The number of hydrogen-bond donors (Lipinski definition) is 0. The Kier molecular flexibility index (Phi) is 2.87. The molecule has 0 amide bonds. The number of rotatable bonds is 3. The van der Waals surface area contributed by atoms with Crippen LogP contribution >= 0.6 is 0 Å². The van der Waals surface area contributed by atoms with Gasteiger partial charge < -0.3 is 9.30 Å². The molecule has 0 saturated heterocycles. The van der Waals surface area contributed by atoms with E-state index in [1.54, 1.807) is 6.33 Å². The highest BCUT2D eigenvalue weighted by Gasteiger charge is 2.13. The molecular weight excluding hydrogens is 240 g/mol. The Balaban J connectivity index is 2.23. The normalized spacial score (nSPS) is 10.8. The number of benzene rings is 1. The summed E-state index contributed by atoms with van der Waals surface area (Å²) in [5, 5.41) is 0. The molecule has 2 aromatic heterocycles. The first-order chi connectivity index (χ1) is 9.29. The molecule has 0 radical (unpaired) electrons. The van der Waals surface area contributed by atoms with Crippen molar-refractivity contribution in [2.45, 2.75) is 6.92 Å². The lowest BCUT2D eigenvalue weighted by atomic mass is 10.2. The van der Waals surface area contributed by atoms with E-state index in [1.165, 1.54) is 0 Å². The van der Waals surface area contributed by atoms with Crippen LogP contribution in [-0.2, 0) is 7.05 Å². The van der Waals surface area contributed by atoms with Crippen LogP contribution in [0, 0.1) is 0 Å². The van der Waals surface area contributed by atoms with Crippen LogP contribution in [0.25, 0.3) is 22.6 Å². The molecule has 19 heavy (non-hydrogen) atoms. The fraction of sp³-hybridized carbons (Fsp3) is 0.214. The van der Waals surface area contributed by atoms with Gasteiger partial charge in [0, 0.05) is 12.6 Å². The van der Waals surface area contributed by atoms with Gasteiger partial charge in [-0.25, -0.2) is 9.97 Å². The monoisotopic (exact) mass is 254 g/mol. The number of hydrogen-bond acceptors (Lipinski definition) is 4. The van der Waals surface area contributed by atoms with Crippen molar-refractivity contribution >= 4 is 11.2 Å². The fourth-order valence-corrected chi connectivity index (χ4v) is 1.93. The molecule has 1 aromatic carbocycles. The van der Waals surface area contributed by atoms with Crippen molar-refractivity contribution in [2.24, 2.45) is 7.05 Å². The van der Waals surface area contributed by atoms with E-state index in [-0.39, 0.29) is 0 Å². The summed E-state index contributed by atoms with van der Waals surface area (Å²) in [5.41, 5.74) is 2.44. The molecule has 5 nitrogen and oxygen atoms in total. The average molecular weight is 254 g/mol. The standard InChI is InChI=1S/C14H14N4O/c1-3-19-14-11-13(18(2)9-15-11)16-12(17-14)10-7-5-4-6-8-10/h4-9H,3H2,1-2H3. The van der Waals surface area contributed by atoms with Gasteiger partial charge in [-0.15, -0.1) is 0 Å². The van der Waals surface area contributed by atoms with E-state index >= 15 is 0 Å². The van der Waals surface area contributed by atoms with Crippen LogP contribution in [0.15, 0.2) is 36.7 Å². The minimum Gasteiger partial charge on any atom is -0.476 e. The van der Waals surface area contributed by atoms with Gasteiger partial charge in [0.1, 0.15) is 0 Å².